The molecule has 0 aliphatic carbocycles. The minimum atomic E-state index is -3.47. The summed E-state index contributed by atoms with van der Waals surface area (Å²) < 4.78 is 23.9. The first-order valence-electron chi connectivity index (χ1n) is 5.90. The molecular formula is C15H13ClO3S. The van der Waals surface area contributed by atoms with Crippen molar-refractivity contribution >= 4 is 26.7 Å². The van der Waals surface area contributed by atoms with Crippen LogP contribution in [-0.2, 0) is 9.84 Å². The van der Waals surface area contributed by atoms with Gasteiger partial charge in [-0.2, -0.15) is 0 Å². The van der Waals surface area contributed by atoms with Crippen LogP contribution in [0.4, 0.5) is 0 Å². The van der Waals surface area contributed by atoms with Crippen LogP contribution in [0.2, 0.25) is 0 Å². The molecule has 2 rings (SSSR count). The summed E-state index contributed by atoms with van der Waals surface area (Å²) in [7, 11) is -3.47. The van der Waals surface area contributed by atoms with Gasteiger partial charge in [-0.25, -0.2) is 8.42 Å². The summed E-state index contributed by atoms with van der Waals surface area (Å²) in [6.07, 6.45) is 1.12. The number of halogens is 1. The summed E-state index contributed by atoms with van der Waals surface area (Å²) in [5, 5.41) is -0.660. The molecule has 0 aliphatic heterocycles. The molecule has 0 unspecified atom stereocenters. The number of hydrogen-bond donors (Lipinski definition) is 0. The van der Waals surface area contributed by atoms with Gasteiger partial charge in [-0.05, 0) is 41.8 Å². The highest BCUT2D eigenvalue weighted by atomic mass is 35.5. The van der Waals surface area contributed by atoms with Gasteiger partial charge in [0.2, 0.25) is 0 Å². The first-order chi connectivity index (χ1) is 9.30. The Hall–Kier alpha value is -1.65. The van der Waals surface area contributed by atoms with Gasteiger partial charge >= 0.3 is 0 Å². The van der Waals surface area contributed by atoms with Gasteiger partial charge in [0, 0.05) is 17.4 Å². The van der Waals surface area contributed by atoms with E-state index in [2.05, 4.69) is 0 Å². The first-order valence-corrected chi connectivity index (χ1v) is 8.17. The lowest BCUT2D eigenvalue weighted by Crippen LogP contribution is -2.04. The number of benzene rings is 2. The highest BCUT2D eigenvalue weighted by molar-refractivity contribution is 7.90. The van der Waals surface area contributed by atoms with E-state index >= 15 is 0 Å². The average Bonchev–Trinajstić information content (AvgIpc) is 2.37. The van der Waals surface area contributed by atoms with Crippen LogP contribution in [0.3, 0.4) is 0 Å². The number of carbonyl (C=O) groups excluding carboxylic acids is 1. The second-order valence-corrected chi connectivity index (χ2v) is 6.90. The quantitative estimate of drug-likeness (QED) is 0.816. The van der Waals surface area contributed by atoms with Crippen molar-refractivity contribution in [3.8, 4) is 11.1 Å². The van der Waals surface area contributed by atoms with Crippen molar-refractivity contribution in [2.24, 2.45) is 0 Å². The van der Waals surface area contributed by atoms with Crippen LogP contribution in [0.15, 0.2) is 47.4 Å². The predicted octanol–water partition coefficient (Wildman–Crippen LogP) is 3.44. The van der Waals surface area contributed by atoms with Crippen LogP contribution in [0.1, 0.15) is 15.9 Å². The fourth-order valence-electron chi connectivity index (χ4n) is 2.05. The maximum atomic E-state index is 12.0. The second kappa shape index (κ2) is 5.38. The third-order valence-corrected chi connectivity index (χ3v) is 4.36. The Kier molecular flexibility index (Phi) is 3.97. The largest absolute Gasteiger partial charge is 0.276 e. The molecule has 0 aromatic heterocycles. The molecule has 0 saturated heterocycles. The first kappa shape index (κ1) is 14.8. The minimum absolute atomic E-state index is 0.110. The van der Waals surface area contributed by atoms with Gasteiger partial charge in [-0.3, -0.25) is 4.79 Å². The van der Waals surface area contributed by atoms with Gasteiger partial charge in [-0.15, -0.1) is 0 Å². The molecule has 0 atom stereocenters. The van der Waals surface area contributed by atoms with Crippen LogP contribution in [0.5, 0.6) is 0 Å². The van der Waals surface area contributed by atoms with E-state index in [1.54, 1.807) is 13.0 Å². The molecule has 0 fully saturated rings. The monoisotopic (exact) mass is 308 g/mol. The van der Waals surface area contributed by atoms with Crippen molar-refractivity contribution in [3.63, 3.8) is 0 Å². The van der Waals surface area contributed by atoms with Crippen LogP contribution in [-0.4, -0.2) is 19.9 Å². The van der Waals surface area contributed by atoms with E-state index in [-0.39, 0.29) is 10.5 Å². The molecule has 2 aromatic carbocycles. The van der Waals surface area contributed by atoms with Gasteiger partial charge in [0.1, 0.15) is 0 Å². The molecule has 104 valence electrons. The highest BCUT2D eigenvalue weighted by Crippen LogP contribution is 2.30. The summed E-state index contributed by atoms with van der Waals surface area (Å²) in [5.41, 5.74) is 2.22. The predicted molar refractivity (Wildman–Crippen MR) is 79.9 cm³/mol. The minimum Gasteiger partial charge on any atom is -0.276 e. The van der Waals surface area contributed by atoms with Crippen LogP contribution in [0.25, 0.3) is 11.1 Å². The van der Waals surface area contributed by atoms with Crippen LogP contribution in [0, 0.1) is 6.92 Å². The molecule has 0 saturated carbocycles. The lowest BCUT2D eigenvalue weighted by Gasteiger charge is -2.12. The zero-order chi connectivity index (χ0) is 14.9. The standard InChI is InChI=1S/C15H13ClO3S/c1-10-8-13(11-6-4-3-5-7-11)14(20(2,18)19)9-12(10)15(16)17/h3-9H,1-2H3. The van der Waals surface area contributed by atoms with Gasteiger partial charge in [0.15, 0.2) is 9.84 Å². The van der Waals surface area contributed by atoms with E-state index in [1.807, 2.05) is 30.3 Å². The summed E-state index contributed by atoms with van der Waals surface area (Å²) >= 11 is 5.50. The number of aryl methyl sites for hydroxylation is 1. The summed E-state index contributed by atoms with van der Waals surface area (Å²) in [5.74, 6) is 0. The maximum Gasteiger partial charge on any atom is 0.252 e. The molecule has 5 heteroatoms. The molecule has 0 amide bonds. The van der Waals surface area contributed by atoms with E-state index < -0.39 is 15.1 Å². The molecular weight excluding hydrogens is 296 g/mol. The van der Waals surface area contributed by atoms with Crippen molar-refractivity contribution in [3.05, 3.63) is 53.6 Å². The third kappa shape index (κ3) is 2.92. The molecule has 0 N–H and O–H groups in total. The zero-order valence-corrected chi connectivity index (χ0v) is 12.6. The Morgan fingerprint density at radius 1 is 1.10 bits per heavy atom. The fraction of sp³-hybridized carbons (Fsp3) is 0.133. The molecule has 0 bridgehead atoms. The average molecular weight is 309 g/mol. The number of hydrogen-bond acceptors (Lipinski definition) is 3. The van der Waals surface area contributed by atoms with E-state index in [0.29, 0.717) is 11.1 Å². The third-order valence-electron chi connectivity index (χ3n) is 3.02. The van der Waals surface area contributed by atoms with Gasteiger partial charge < -0.3 is 0 Å². The summed E-state index contributed by atoms with van der Waals surface area (Å²) in [6.45, 7) is 1.73. The molecule has 0 aliphatic rings. The number of sulfone groups is 1. The van der Waals surface area contributed by atoms with E-state index in [0.717, 1.165) is 11.8 Å². The second-order valence-electron chi connectivity index (χ2n) is 4.58. The Morgan fingerprint density at radius 3 is 2.20 bits per heavy atom. The molecule has 20 heavy (non-hydrogen) atoms. The Balaban J connectivity index is 2.81. The summed E-state index contributed by atoms with van der Waals surface area (Å²) in [4.78, 5) is 11.5. The fourth-order valence-corrected chi connectivity index (χ4v) is 3.16. The maximum absolute atomic E-state index is 12.0. The normalized spacial score (nSPS) is 11.3. The molecule has 0 heterocycles. The topological polar surface area (TPSA) is 51.2 Å². The highest BCUT2D eigenvalue weighted by Gasteiger charge is 2.19. The van der Waals surface area contributed by atoms with Crippen molar-refractivity contribution in [2.45, 2.75) is 11.8 Å². The number of carbonyl (C=O) groups is 1. The van der Waals surface area contributed by atoms with Crippen molar-refractivity contribution in [1.29, 1.82) is 0 Å². The molecule has 2 aromatic rings. The van der Waals surface area contributed by atoms with E-state index in [4.69, 9.17) is 11.6 Å². The Bertz CT molecular complexity index is 765. The van der Waals surface area contributed by atoms with Gasteiger partial charge in [-0.1, -0.05) is 30.3 Å². The van der Waals surface area contributed by atoms with Gasteiger partial charge in [0.05, 0.1) is 4.90 Å². The molecule has 0 spiro atoms. The van der Waals surface area contributed by atoms with Gasteiger partial charge in [0.25, 0.3) is 5.24 Å². The van der Waals surface area contributed by atoms with Crippen LogP contribution >= 0.6 is 11.6 Å². The SMILES string of the molecule is Cc1cc(-c2ccccc2)c(S(C)(=O)=O)cc1C(=O)Cl. The smallest absolute Gasteiger partial charge is 0.252 e. The van der Waals surface area contributed by atoms with E-state index in [1.165, 1.54) is 6.07 Å². The zero-order valence-electron chi connectivity index (χ0n) is 11.1. The van der Waals surface area contributed by atoms with Crippen molar-refractivity contribution in [2.75, 3.05) is 6.26 Å². The molecule has 0 radical (unpaired) electrons. The lowest BCUT2D eigenvalue weighted by atomic mass is 10.0. The number of rotatable bonds is 3. The van der Waals surface area contributed by atoms with E-state index in [9.17, 15) is 13.2 Å². The summed E-state index contributed by atoms with van der Waals surface area (Å²) in [6, 6.07) is 12.2. The van der Waals surface area contributed by atoms with Crippen LogP contribution < -0.4 is 0 Å². The molecule has 3 nitrogen and oxygen atoms in total. The Labute approximate surface area is 123 Å². The van der Waals surface area contributed by atoms with Crippen molar-refractivity contribution < 1.29 is 13.2 Å². The lowest BCUT2D eigenvalue weighted by molar-refractivity contribution is 0.108. The Morgan fingerprint density at radius 2 is 1.70 bits per heavy atom. The van der Waals surface area contributed by atoms with Crippen molar-refractivity contribution in [1.82, 2.24) is 0 Å².